The number of piperidine rings is 1. The lowest BCUT2D eigenvalue weighted by atomic mass is 10.1. The van der Waals surface area contributed by atoms with Gasteiger partial charge in [0.25, 0.3) is 0 Å². The molecule has 64 valence electrons. The van der Waals surface area contributed by atoms with Crippen LogP contribution in [0.5, 0.6) is 0 Å². The number of hydrazine groups is 1. The fourth-order valence-corrected chi connectivity index (χ4v) is 1.39. The summed E-state index contributed by atoms with van der Waals surface area (Å²) >= 11 is 0. The highest BCUT2D eigenvalue weighted by Crippen LogP contribution is 2.07. The number of nitrogens with zero attached hydrogens (tertiary/aromatic N) is 1. The number of nitrogens with two attached hydrogens (primary N) is 1. The molecule has 1 heterocycles. The minimum atomic E-state index is 0.363. The maximum atomic E-state index is 5.76. The SMILES string of the molecule is C=CCN(N)C1CCCCN1. The summed E-state index contributed by atoms with van der Waals surface area (Å²) in [6.07, 6.45) is 5.91. The molecule has 3 heteroatoms. The standard InChI is InChI=1S/C8H17N3/c1-2-7-11(9)8-5-3-4-6-10-8/h2,8,10H,1,3-7,9H2. The monoisotopic (exact) mass is 155 g/mol. The molecule has 1 atom stereocenters. The second-order valence-corrected chi connectivity index (χ2v) is 2.95. The zero-order valence-electron chi connectivity index (χ0n) is 6.92. The molecule has 11 heavy (non-hydrogen) atoms. The Morgan fingerprint density at radius 2 is 2.45 bits per heavy atom. The van der Waals surface area contributed by atoms with Gasteiger partial charge in [0.15, 0.2) is 0 Å². The van der Waals surface area contributed by atoms with Crippen LogP contribution in [-0.2, 0) is 0 Å². The van der Waals surface area contributed by atoms with Crippen LogP contribution in [0.3, 0.4) is 0 Å². The van der Waals surface area contributed by atoms with Crippen molar-refractivity contribution in [2.45, 2.75) is 25.4 Å². The van der Waals surface area contributed by atoms with Crippen molar-refractivity contribution >= 4 is 0 Å². The first-order valence-electron chi connectivity index (χ1n) is 4.20. The van der Waals surface area contributed by atoms with Crippen molar-refractivity contribution in [1.82, 2.24) is 10.3 Å². The third-order valence-electron chi connectivity index (χ3n) is 2.02. The molecule has 1 aliphatic heterocycles. The van der Waals surface area contributed by atoms with E-state index in [-0.39, 0.29) is 0 Å². The Labute approximate surface area is 68.2 Å². The summed E-state index contributed by atoms with van der Waals surface area (Å²) in [5, 5.41) is 5.17. The molecule has 0 radical (unpaired) electrons. The van der Waals surface area contributed by atoms with Crippen molar-refractivity contribution in [3.05, 3.63) is 12.7 Å². The molecule has 0 aromatic rings. The Hall–Kier alpha value is -0.380. The largest absolute Gasteiger partial charge is 0.301 e. The van der Waals surface area contributed by atoms with Gasteiger partial charge in [-0.2, -0.15) is 0 Å². The Kier molecular flexibility index (Phi) is 3.56. The highest BCUT2D eigenvalue weighted by atomic mass is 15.5. The van der Waals surface area contributed by atoms with E-state index in [1.807, 2.05) is 11.1 Å². The summed E-state index contributed by atoms with van der Waals surface area (Å²) in [5.41, 5.74) is 0. The van der Waals surface area contributed by atoms with Gasteiger partial charge >= 0.3 is 0 Å². The fourth-order valence-electron chi connectivity index (χ4n) is 1.39. The molecule has 0 aromatic carbocycles. The zero-order chi connectivity index (χ0) is 8.10. The van der Waals surface area contributed by atoms with Crippen LogP contribution in [0.1, 0.15) is 19.3 Å². The lowest BCUT2D eigenvalue weighted by Gasteiger charge is -2.30. The summed E-state index contributed by atoms with van der Waals surface area (Å²) in [5.74, 6) is 5.76. The summed E-state index contributed by atoms with van der Waals surface area (Å²) in [7, 11) is 0. The predicted octanol–water partition coefficient (Wildman–Crippen LogP) is 0.448. The summed E-state index contributed by atoms with van der Waals surface area (Å²) in [4.78, 5) is 0. The molecule has 3 N–H and O–H groups in total. The van der Waals surface area contributed by atoms with Gasteiger partial charge in [0.1, 0.15) is 0 Å². The van der Waals surface area contributed by atoms with E-state index in [9.17, 15) is 0 Å². The molecule has 1 unspecified atom stereocenters. The van der Waals surface area contributed by atoms with E-state index in [1.54, 1.807) is 0 Å². The summed E-state index contributed by atoms with van der Waals surface area (Å²) < 4.78 is 0. The van der Waals surface area contributed by atoms with Gasteiger partial charge in [-0.1, -0.05) is 6.08 Å². The van der Waals surface area contributed by atoms with E-state index < -0.39 is 0 Å². The first-order valence-corrected chi connectivity index (χ1v) is 4.20. The predicted molar refractivity (Wildman–Crippen MR) is 46.7 cm³/mol. The molecule has 1 fully saturated rings. The Bertz CT molecular complexity index is 119. The number of hydrogen-bond acceptors (Lipinski definition) is 3. The van der Waals surface area contributed by atoms with E-state index in [0.29, 0.717) is 6.17 Å². The van der Waals surface area contributed by atoms with Gasteiger partial charge in [-0.3, -0.25) is 5.84 Å². The molecule has 0 saturated carbocycles. The van der Waals surface area contributed by atoms with Gasteiger partial charge in [-0.05, 0) is 25.8 Å². The van der Waals surface area contributed by atoms with E-state index >= 15 is 0 Å². The van der Waals surface area contributed by atoms with Crippen molar-refractivity contribution in [2.75, 3.05) is 13.1 Å². The minimum absolute atomic E-state index is 0.363. The summed E-state index contributed by atoms with van der Waals surface area (Å²) in [6.45, 7) is 5.50. The Balaban J connectivity index is 2.26. The van der Waals surface area contributed by atoms with Crippen molar-refractivity contribution in [1.29, 1.82) is 0 Å². The van der Waals surface area contributed by atoms with Crippen molar-refractivity contribution in [3.63, 3.8) is 0 Å². The third kappa shape index (κ3) is 2.61. The van der Waals surface area contributed by atoms with E-state index in [2.05, 4.69) is 11.9 Å². The molecule has 3 nitrogen and oxygen atoms in total. The van der Waals surface area contributed by atoms with Crippen molar-refractivity contribution < 1.29 is 0 Å². The van der Waals surface area contributed by atoms with E-state index in [4.69, 9.17) is 5.84 Å². The van der Waals surface area contributed by atoms with Crippen LogP contribution in [-0.4, -0.2) is 24.3 Å². The maximum Gasteiger partial charge on any atom is 0.0733 e. The van der Waals surface area contributed by atoms with E-state index in [1.165, 1.54) is 12.8 Å². The molecule has 0 bridgehead atoms. The molecule has 0 aliphatic carbocycles. The Morgan fingerprint density at radius 3 is 3.00 bits per heavy atom. The Morgan fingerprint density at radius 1 is 1.64 bits per heavy atom. The van der Waals surface area contributed by atoms with Crippen molar-refractivity contribution in [3.8, 4) is 0 Å². The molecule has 1 aliphatic rings. The van der Waals surface area contributed by atoms with Gasteiger partial charge in [0, 0.05) is 6.54 Å². The number of rotatable bonds is 3. The number of nitrogens with one attached hydrogen (secondary N) is 1. The van der Waals surface area contributed by atoms with Gasteiger partial charge in [0.05, 0.1) is 6.17 Å². The zero-order valence-corrected chi connectivity index (χ0v) is 6.92. The number of hydrogen-bond donors (Lipinski definition) is 2. The van der Waals surface area contributed by atoms with Gasteiger partial charge < -0.3 is 5.32 Å². The lowest BCUT2D eigenvalue weighted by molar-refractivity contribution is 0.155. The first kappa shape index (κ1) is 8.71. The fraction of sp³-hybridized carbons (Fsp3) is 0.750. The second-order valence-electron chi connectivity index (χ2n) is 2.95. The van der Waals surface area contributed by atoms with Crippen LogP contribution in [0.4, 0.5) is 0 Å². The maximum absolute atomic E-state index is 5.76. The normalized spacial score (nSPS) is 25.5. The third-order valence-corrected chi connectivity index (χ3v) is 2.02. The highest BCUT2D eigenvalue weighted by molar-refractivity contribution is 4.76. The van der Waals surface area contributed by atoms with Crippen molar-refractivity contribution in [2.24, 2.45) is 5.84 Å². The van der Waals surface area contributed by atoms with E-state index in [0.717, 1.165) is 19.5 Å². The molecule has 0 amide bonds. The highest BCUT2D eigenvalue weighted by Gasteiger charge is 2.15. The van der Waals surface area contributed by atoms with Gasteiger partial charge in [0.2, 0.25) is 0 Å². The van der Waals surface area contributed by atoms with Crippen LogP contribution in [0.25, 0.3) is 0 Å². The molecule has 0 aromatic heterocycles. The summed E-state index contributed by atoms with van der Waals surface area (Å²) in [6, 6.07) is 0. The van der Waals surface area contributed by atoms with Gasteiger partial charge in [-0.15, -0.1) is 6.58 Å². The first-order chi connectivity index (χ1) is 5.34. The molecule has 1 saturated heterocycles. The van der Waals surface area contributed by atoms with Gasteiger partial charge in [-0.25, -0.2) is 5.01 Å². The van der Waals surface area contributed by atoms with Crippen LogP contribution in [0.2, 0.25) is 0 Å². The topological polar surface area (TPSA) is 41.3 Å². The smallest absolute Gasteiger partial charge is 0.0733 e. The molecule has 1 rings (SSSR count). The van der Waals surface area contributed by atoms with Crippen LogP contribution < -0.4 is 11.2 Å². The molecule has 0 spiro atoms. The average Bonchev–Trinajstić information content (AvgIpc) is 2.07. The minimum Gasteiger partial charge on any atom is -0.301 e. The second kappa shape index (κ2) is 4.49. The van der Waals surface area contributed by atoms with Crippen LogP contribution in [0.15, 0.2) is 12.7 Å². The molecular formula is C8H17N3. The average molecular weight is 155 g/mol. The van der Waals surface area contributed by atoms with Crippen LogP contribution in [0, 0.1) is 0 Å². The molecular weight excluding hydrogens is 138 g/mol. The lowest BCUT2D eigenvalue weighted by Crippen LogP contribution is -2.51. The van der Waals surface area contributed by atoms with Crippen LogP contribution >= 0.6 is 0 Å². The quantitative estimate of drug-likeness (QED) is 0.353.